The number of alkyl halides is 1. The maximum atomic E-state index is 4.39. The number of hydrogen-bond acceptors (Lipinski definition) is 1. The predicted octanol–water partition coefficient (Wildman–Crippen LogP) is 3.82. The minimum absolute atomic E-state index is 0.520. The molecular formula is C12H21BrN2. The van der Waals surface area contributed by atoms with E-state index >= 15 is 0 Å². The molecule has 1 aromatic rings. The summed E-state index contributed by atoms with van der Waals surface area (Å²) in [6, 6.07) is 0. The summed E-state index contributed by atoms with van der Waals surface area (Å²) in [5.74, 6) is 2.51. The molecule has 2 nitrogen and oxygen atoms in total. The Morgan fingerprint density at radius 2 is 2.07 bits per heavy atom. The van der Waals surface area contributed by atoms with Gasteiger partial charge >= 0.3 is 0 Å². The number of nitrogens with zero attached hydrogens (tertiary/aromatic N) is 2. The molecule has 0 spiro atoms. The van der Waals surface area contributed by atoms with Crippen LogP contribution in [0.5, 0.6) is 0 Å². The summed E-state index contributed by atoms with van der Waals surface area (Å²) in [6.45, 7) is 7.80. The van der Waals surface area contributed by atoms with E-state index in [0.717, 1.165) is 17.8 Å². The number of rotatable bonds is 6. The van der Waals surface area contributed by atoms with Crippen LogP contribution in [0.1, 0.15) is 45.4 Å². The van der Waals surface area contributed by atoms with E-state index in [1.165, 1.54) is 18.7 Å². The average Bonchev–Trinajstić information content (AvgIpc) is 2.63. The van der Waals surface area contributed by atoms with E-state index in [1.54, 1.807) is 0 Å². The van der Waals surface area contributed by atoms with Crippen molar-refractivity contribution in [2.75, 3.05) is 5.33 Å². The minimum atomic E-state index is 0.520. The standard InChI is InChI=1S/C12H21BrN2/c1-10(2)12-14-7-9-15(12)8-5-11(3)4-6-13/h7,9-11H,4-6,8H2,1-3H3. The Kier molecular flexibility index (Phi) is 5.37. The second kappa shape index (κ2) is 6.31. The van der Waals surface area contributed by atoms with Crippen LogP contribution in [0.15, 0.2) is 12.4 Å². The molecule has 0 bridgehead atoms. The zero-order valence-electron chi connectivity index (χ0n) is 9.91. The largest absolute Gasteiger partial charge is 0.335 e. The molecule has 0 saturated carbocycles. The van der Waals surface area contributed by atoms with Crippen molar-refractivity contribution in [2.24, 2.45) is 5.92 Å². The highest BCUT2D eigenvalue weighted by Gasteiger charge is 2.08. The van der Waals surface area contributed by atoms with Gasteiger partial charge < -0.3 is 4.57 Å². The molecule has 0 aliphatic heterocycles. The van der Waals surface area contributed by atoms with Crippen LogP contribution in [0.25, 0.3) is 0 Å². The zero-order valence-corrected chi connectivity index (χ0v) is 11.5. The molecule has 0 aliphatic carbocycles. The third kappa shape index (κ3) is 3.98. The van der Waals surface area contributed by atoms with Crippen molar-refractivity contribution >= 4 is 15.9 Å². The molecule has 15 heavy (non-hydrogen) atoms. The first kappa shape index (κ1) is 12.8. The van der Waals surface area contributed by atoms with E-state index in [9.17, 15) is 0 Å². The van der Waals surface area contributed by atoms with Crippen LogP contribution in [0, 0.1) is 5.92 Å². The normalized spacial score (nSPS) is 13.4. The maximum Gasteiger partial charge on any atom is 0.111 e. The van der Waals surface area contributed by atoms with Crippen LogP contribution in [0.2, 0.25) is 0 Å². The minimum Gasteiger partial charge on any atom is -0.335 e. The number of imidazole rings is 1. The predicted molar refractivity (Wildman–Crippen MR) is 68.5 cm³/mol. The summed E-state index contributed by atoms with van der Waals surface area (Å²) in [7, 11) is 0. The van der Waals surface area contributed by atoms with Crippen LogP contribution < -0.4 is 0 Å². The summed E-state index contributed by atoms with van der Waals surface area (Å²) >= 11 is 3.49. The van der Waals surface area contributed by atoms with Gasteiger partial charge in [0.25, 0.3) is 0 Å². The number of aryl methyl sites for hydroxylation is 1. The van der Waals surface area contributed by atoms with Gasteiger partial charge in [0.1, 0.15) is 5.82 Å². The van der Waals surface area contributed by atoms with Crippen LogP contribution in [0.3, 0.4) is 0 Å². The summed E-state index contributed by atoms with van der Waals surface area (Å²) in [5.41, 5.74) is 0. The smallest absolute Gasteiger partial charge is 0.111 e. The van der Waals surface area contributed by atoms with Gasteiger partial charge in [-0.1, -0.05) is 36.7 Å². The first-order valence-electron chi connectivity index (χ1n) is 5.72. The third-order valence-electron chi connectivity index (χ3n) is 2.73. The van der Waals surface area contributed by atoms with Crippen molar-refractivity contribution in [1.29, 1.82) is 0 Å². The van der Waals surface area contributed by atoms with Crippen LogP contribution in [-0.2, 0) is 6.54 Å². The van der Waals surface area contributed by atoms with Gasteiger partial charge in [-0.05, 0) is 18.8 Å². The van der Waals surface area contributed by atoms with Gasteiger partial charge in [-0.25, -0.2) is 4.98 Å². The molecule has 0 radical (unpaired) electrons. The molecule has 3 heteroatoms. The molecule has 1 aromatic heterocycles. The Hall–Kier alpha value is -0.310. The topological polar surface area (TPSA) is 17.8 Å². The van der Waals surface area contributed by atoms with Crippen molar-refractivity contribution in [3.63, 3.8) is 0 Å². The average molecular weight is 273 g/mol. The zero-order chi connectivity index (χ0) is 11.3. The van der Waals surface area contributed by atoms with Gasteiger partial charge in [0.2, 0.25) is 0 Å². The van der Waals surface area contributed by atoms with E-state index in [-0.39, 0.29) is 0 Å². The Bertz CT molecular complexity index is 281. The van der Waals surface area contributed by atoms with E-state index in [0.29, 0.717) is 5.92 Å². The molecule has 86 valence electrons. The first-order chi connectivity index (χ1) is 7.15. The highest BCUT2D eigenvalue weighted by Crippen LogP contribution is 2.15. The summed E-state index contributed by atoms with van der Waals surface area (Å²) in [4.78, 5) is 4.39. The molecule has 0 N–H and O–H groups in total. The summed E-state index contributed by atoms with van der Waals surface area (Å²) in [6.07, 6.45) is 6.49. The second-order valence-electron chi connectivity index (χ2n) is 4.51. The first-order valence-corrected chi connectivity index (χ1v) is 6.84. The lowest BCUT2D eigenvalue weighted by molar-refractivity contribution is 0.461. The van der Waals surface area contributed by atoms with Crippen molar-refractivity contribution in [3.8, 4) is 0 Å². The van der Waals surface area contributed by atoms with Crippen LogP contribution in [0.4, 0.5) is 0 Å². The molecule has 0 fully saturated rings. The molecule has 1 unspecified atom stereocenters. The van der Waals surface area contributed by atoms with Crippen LogP contribution in [-0.4, -0.2) is 14.9 Å². The second-order valence-corrected chi connectivity index (χ2v) is 5.30. The number of halogens is 1. The van der Waals surface area contributed by atoms with Gasteiger partial charge in [0.15, 0.2) is 0 Å². The molecule has 0 amide bonds. The Morgan fingerprint density at radius 3 is 2.67 bits per heavy atom. The van der Waals surface area contributed by atoms with E-state index in [2.05, 4.69) is 52.4 Å². The molecule has 0 aliphatic rings. The van der Waals surface area contributed by atoms with Crippen molar-refractivity contribution < 1.29 is 0 Å². The van der Waals surface area contributed by atoms with Gasteiger partial charge in [0, 0.05) is 30.2 Å². The summed E-state index contributed by atoms with van der Waals surface area (Å²) < 4.78 is 2.29. The molecule has 1 rings (SSSR count). The van der Waals surface area contributed by atoms with Crippen molar-refractivity contribution in [1.82, 2.24) is 9.55 Å². The highest BCUT2D eigenvalue weighted by molar-refractivity contribution is 9.09. The SMILES string of the molecule is CC(CCBr)CCn1ccnc1C(C)C. The lowest BCUT2D eigenvalue weighted by Gasteiger charge is -2.13. The fourth-order valence-electron chi connectivity index (χ4n) is 1.70. The molecule has 1 atom stereocenters. The van der Waals surface area contributed by atoms with E-state index in [1.807, 2.05) is 6.20 Å². The monoisotopic (exact) mass is 272 g/mol. The van der Waals surface area contributed by atoms with Gasteiger partial charge in [-0.3, -0.25) is 0 Å². The Balaban J connectivity index is 2.46. The lowest BCUT2D eigenvalue weighted by Crippen LogP contribution is -2.08. The number of aromatic nitrogens is 2. The molecule has 0 aromatic carbocycles. The molecular weight excluding hydrogens is 252 g/mol. The van der Waals surface area contributed by atoms with Gasteiger partial charge in [-0.2, -0.15) is 0 Å². The van der Waals surface area contributed by atoms with E-state index < -0.39 is 0 Å². The molecule has 0 saturated heterocycles. The quantitative estimate of drug-likeness (QED) is 0.720. The fraction of sp³-hybridized carbons (Fsp3) is 0.750. The van der Waals surface area contributed by atoms with E-state index in [4.69, 9.17) is 0 Å². The highest BCUT2D eigenvalue weighted by atomic mass is 79.9. The Morgan fingerprint density at radius 1 is 1.33 bits per heavy atom. The lowest BCUT2D eigenvalue weighted by atomic mass is 10.1. The fourth-order valence-corrected chi connectivity index (χ4v) is 2.48. The van der Waals surface area contributed by atoms with Gasteiger partial charge in [0.05, 0.1) is 0 Å². The maximum absolute atomic E-state index is 4.39. The van der Waals surface area contributed by atoms with Crippen LogP contribution >= 0.6 is 15.9 Å². The van der Waals surface area contributed by atoms with Crippen molar-refractivity contribution in [3.05, 3.63) is 18.2 Å². The third-order valence-corrected chi connectivity index (χ3v) is 3.19. The molecule has 1 heterocycles. The van der Waals surface area contributed by atoms with Gasteiger partial charge in [-0.15, -0.1) is 0 Å². The Labute approximate surface area is 101 Å². The van der Waals surface area contributed by atoms with Crippen molar-refractivity contribution in [2.45, 2.75) is 46.1 Å². The number of hydrogen-bond donors (Lipinski definition) is 0. The summed E-state index contributed by atoms with van der Waals surface area (Å²) in [5, 5.41) is 1.11.